The highest BCUT2D eigenvalue weighted by atomic mass is 32.2. The fourth-order valence-corrected chi connectivity index (χ4v) is 4.86. The molecule has 1 aliphatic carbocycles. The molecule has 1 aliphatic heterocycles. The molecule has 27 heavy (non-hydrogen) atoms. The summed E-state index contributed by atoms with van der Waals surface area (Å²) < 4.78 is 44.2. The highest BCUT2D eigenvalue weighted by Gasteiger charge is 2.39. The van der Waals surface area contributed by atoms with Gasteiger partial charge in [0.2, 0.25) is 10.0 Å². The van der Waals surface area contributed by atoms with E-state index >= 15 is 0 Å². The number of nitrogens with one attached hydrogen (secondary N) is 1. The quantitative estimate of drug-likeness (QED) is 0.779. The van der Waals surface area contributed by atoms with E-state index in [-0.39, 0.29) is 17.4 Å². The van der Waals surface area contributed by atoms with E-state index in [4.69, 9.17) is 13.9 Å². The second-order valence-corrected chi connectivity index (χ2v) is 9.10. The van der Waals surface area contributed by atoms with Crippen LogP contribution in [0.2, 0.25) is 0 Å². The van der Waals surface area contributed by atoms with Crippen molar-refractivity contribution in [1.82, 2.24) is 9.71 Å². The molecule has 2 aromatic rings. The predicted octanol–water partition coefficient (Wildman–Crippen LogP) is 2.66. The highest BCUT2D eigenvalue weighted by Crippen LogP contribution is 2.29. The number of aromatic nitrogens is 1. The molecule has 4 rings (SSSR count). The number of nitrogens with zero attached hydrogens (tertiary/aromatic N) is 1. The van der Waals surface area contributed by atoms with Crippen LogP contribution in [-0.4, -0.2) is 44.0 Å². The number of hydrogen-bond acceptors (Lipinski definition) is 6. The van der Waals surface area contributed by atoms with E-state index < -0.39 is 10.0 Å². The molecule has 0 bridgehead atoms. The molecule has 0 radical (unpaired) electrons. The van der Waals surface area contributed by atoms with Gasteiger partial charge in [0.15, 0.2) is 5.89 Å². The predicted molar refractivity (Wildman–Crippen MR) is 100 cm³/mol. The summed E-state index contributed by atoms with van der Waals surface area (Å²) in [6.07, 6.45) is 4.45. The Hall–Kier alpha value is -1.90. The molecule has 8 heteroatoms. The van der Waals surface area contributed by atoms with Crippen LogP contribution in [0.3, 0.4) is 0 Å². The van der Waals surface area contributed by atoms with E-state index in [0.717, 1.165) is 36.9 Å². The lowest BCUT2D eigenvalue weighted by Crippen LogP contribution is -2.50. The number of oxazole rings is 1. The maximum Gasteiger partial charge on any atom is 0.214 e. The monoisotopic (exact) mass is 392 g/mol. The Kier molecular flexibility index (Phi) is 5.21. The van der Waals surface area contributed by atoms with Crippen molar-refractivity contribution in [1.29, 1.82) is 0 Å². The van der Waals surface area contributed by atoms with Crippen LogP contribution in [-0.2, 0) is 14.8 Å². The molecular weight excluding hydrogens is 368 g/mol. The van der Waals surface area contributed by atoms with Crippen molar-refractivity contribution in [3.8, 4) is 17.0 Å². The average molecular weight is 392 g/mol. The Balaban J connectivity index is 1.36. The third kappa shape index (κ3) is 4.51. The molecule has 2 fully saturated rings. The lowest BCUT2D eigenvalue weighted by Gasteiger charge is -2.32. The van der Waals surface area contributed by atoms with Gasteiger partial charge in [-0.25, -0.2) is 18.1 Å². The Bertz CT molecular complexity index is 874. The standard InChI is InChI=1S/C19H24N2O5S/c1-13-20-18(11-25-13)14-4-6-15(7-5-14)26-12-19-17(3-2-10-24-19)21-27(22,23)16-8-9-16/h4-7,11,16-17,19,21H,2-3,8-10,12H2,1H3. The molecule has 2 atom stereocenters. The average Bonchev–Trinajstić information content (AvgIpc) is 3.44. The van der Waals surface area contributed by atoms with E-state index in [9.17, 15) is 8.42 Å². The summed E-state index contributed by atoms with van der Waals surface area (Å²) in [5, 5.41) is -0.228. The van der Waals surface area contributed by atoms with Gasteiger partial charge in [0.05, 0.1) is 11.3 Å². The first-order valence-electron chi connectivity index (χ1n) is 9.29. The minimum absolute atomic E-state index is 0.228. The van der Waals surface area contributed by atoms with Crippen LogP contribution >= 0.6 is 0 Å². The summed E-state index contributed by atoms with van der Waals surface area (Å²) in [6.45, 7) is 2.74. The molecule has 2 aliphatic rings. The number of aryl methyl sites for hydroxylation is 1. The normalized spacial score (nSPS) is 23.3. The number of hydrogen-bond donors (Lipinski definition) is 1. The topological polar surface area (TPSA) is 90.7 Å². The first kappa shape index (κ1) is 18.5. The first-order valence-corrected chi connectivity index (χ1v) is 10.8. The first-order chi connectivity index (χ1) is 13.0. The van der Waals surface area contributed by atoms with Crippen molar-refractivity contribution in [2.45, 2.75) is 50.0 Å². The van der Waals surface area contributed by atoms with Gasteiger partial charge in [-0.2, -0.15) is 0 Å². The van der Waals surface area contributed by atoms with Crippen molar-refractivity contribution >= 4 is 10.0 Å². The van der Waals surface area contributed by atoms with Crippen molar-refractivity contribution in [2.75, 3.05) is 13.2 Å². The Labute approximate surface area is 159 Å². The smallest absolute Gasteiger partial charge is 0.214 e. The van der Waals surface area contributed by atoms with Crippen molar-refractivity contribution in [3.05, 3.63) is 36.4 Å². The molecule has 0 amide bonds. The van der Waals surface area contributed by atoms with E-state index in [1.807, 2.05) is 24.3 Å². The van der Waals surface area contributed by atoms with Crippen LogP contribution in [0.4, 0.5) is 0 Å². The molecule has 1 N–H and O–H groups in total. The summed E-state index contributed by atoms with van der Waals surface area (Å²) in [4.78, 5) is 4.30. The largest absolute Gasteiger partial charge is 0.491 e. The highest BCUT2D eigenvalue weighted by molar-refractivity contribution is 7.90. The van der Waals surface area contributed by atoms with Gasteiger partial charge in [-0.15, -0.1) is 0 Å². The minimum Gasteiger partial charge on any atom is -0.491 e. The maximum atomic E-state index is 12.2. The number of rotatable bonds is 7. The molecule has 7 nitrogen and oxygen atoms in total. The van der Waals surface area contributed by atoms with Crippen LogP contribution in [0.1, 0.15) is 31.6 Å². The fourth-order valence-electron chi connectivity index (χ4n) is 3.22. The van der Waals surface area contributed by atoms with E-state index in [2.05, 4.69) is 9.71 Å². The second-order valence-electron chi connectivity index (χ2n) is 7.11. The summed E-state index contributed by atoms with van der Waals surface area (Å²) in [6, 6.07) is 7.34. The molecule has 2 heterocycles. The van der Waals surface area contributed by atoms with Gasteiger partial charge in [0.1, 0.15) is 30.4 Å². The zero-order valence-corrected chi connectivity index (χ0v) is 16.1. The molecule has 1 aromatic heterocycles. The van der Waals surface area contributed by atoms with Gasteiger partial charge < -0.3 is 13.9 Å². The molecule has 1 saturated heterocycles. The lowest BCUT2D eigenvalue weighted by molar-refractivity contribution is -0.0279. The SMILES string of the molecule is Cc1nc(-c2ccc(OCC3OCCCC3NS(=O)(=O)C3CC3)cc2)co1. The van der Waals surface area contributed by atoms with Crippen LogP contribution < -0.4 is 9.46 Å². The third-order valence-electron chi connectivity index (χ3n) is 4.90. The van der Waals surface area contributed by atoms with Gasteiger partial charge in [-0.1, -0.05) is 0 Å². The van der Waals surface area contributed by atoms with Crippen LogP contribution in [0.25, 0.3) is 11.3 Å². The Morgan fingerprint density at radius 3 is 2.67 bits per heavy atom. The van der Waals surface area contributed by atoms with Gasteiger partial charge in [0, 0.05) is 19.1 Å². The van der Waals surface area contributed by atoms with Crippen molar-refractivity contribution < 1.29 is 22.3 Å². The second kappa shape index (κ2) is 7.61. The Morgan fingerprint density at radius 1 is 1.22 bits per heavy atom. The summed E-state index contributed by atoms with van der Waals surface area (Å²) in [5.74, 6) is 1.33. The van der Waals surface area contributed by atoms with Crippen LogP contribution in [0.5, 0.6) is 5.75 Å². The Morgan fingerprint density at radius 2 is 2.00 bits per heavy atom. The summed E-state index contributed by atoms with van der Waals surface area (Å²) >= 11 is 0. The molecule has 1 saturated carbocycles. The van der Waals surface area contributed by atoms with E-state index in [0.29, 0.717) is 24.9 Å². The number of ether oxygens (including phenoxy) is 2. The van der Waals surface area contributed by atoms with Crippen molar-refractivity contribution in [3.63, 3.8) is 0 Å². The van der Waals surface area contributed by atoms with Gasteiger partial charge in [-0.3, -0.25) is 0 Å². The van der Waals surface area contributed by atoms with E-state index in [1.54, 1.807) is 13.2 Å². The molecule has 146 valence electrons. The number of sulfonamides is 1. The zero-order valence-electron chi connectivity index (χ0n) is 15.3. The molecular formula is C19H24N2O5S. The summed E-state index contributed by atoms with van der Waals surface area (Å²) in [5.41, 5.74) is 1.73. The molecule has 2 unspecified atom stereocenters. The van der Waals surface area contributed by atoms with Crippen LogP contribution in [0.15, 0.2) is 34.9 Å². The molecule has 0 spiro atoms. The van der Waals surface area contributed by atoms with E-state index in [1.165, 1.54) is 0 Å². The van der Waals surface area contributed by atoms with Crippen LogP contribution in [0, 0.1) is 6.92 Å². The van der Waals surface area contributed by atoms with Gasteiger partial charge in [0.25, 0.3) is 0 Å². The minimum atomic E-state index is -3.24. The third-order valence-corrected chi connectivity index (χ3v) is 6.88. The zero-order chi connectivity index (χ0) is 18.9. The van der Waals surface area contributed by atoms with Crippen molar-refractivity contribution in [2.24, 2.45) is 0 Å². The lowest BCUT2D eigenvalue weighted by atomic mass is 10.0. The maximum absolute atomic E-state index is 12.2. The molecule has 1 aromatic carbocycles. The van der Waals surface area contributed by atoms with Gasteiger partial charge >= 0.3 is 0 Å². The number of benzene rings is 1. The fraction of sp³-hybridized carbons (Fsp3) is 0.526. The summed E-state index contributed by atoms with van der Waals surface area (Å²) in [7, 11) is -3.24. The van der Waals surface area contributed by atoms with Gasteiger partial charge in [-0.05, 0) is 49.9 Å².